The molecule has 3 rings (SSSR count). The van der Waals surface area contributed by atoms with Gasteiger partial charge in [-0.25, -0.2) is 9.78 Å². The number of rotatable bonds is 8. The van der Waals surface area contributed by atoms with Crippen LogP contribution in [0.2, 0.25) is 4.34 Å². The summed E-state index contributed by atoms with van der Waals surface area (Å²) < 4.78 is 5.82. The molecule has 0 unspecified atom stereocenters. The quantitative estimate of drug-likeness (QED) is 0.426. The Balaban J connectivity index is 1.83. The van der Waals surface area contributed by atoms with E-state index in [1.54, 1.807) is 18.7 Å². The number of anilines is 1. The van der Waals surface area contributed by atoms with E-state index in [1.165, 1.54) is 22.7 Å². The van der Waals surface area contributed by atoms with E-state index >= 15 is 0 Å². The largest absolute Gasteiger partial charge is 0.462 e. The molecule has 2 heterocycles. The first kappa shape index (κ1) is 21.5. The lowest BCUT2D eigenvalue weighted by molar-refractivity contribution is -0.118. The summed E-state index contributed by atoms with van der Waals surface area (Å²) in [4.78, 5) is 32.9. The minimum atomic E-state index is -0.408. The molecule has 1 aromatic carbocycles. The van der Waals surface area contributed by atoms with Gasteiger partial charge >= 0.3 is 5.97 Å². The number of ether oxygens (including phenoxy) is 1. The Hall–Kier alpha value is -2.22. The number of benzene rings is 1. The van der Waals surface area contributed by atoms with Crippen LogP contribution in [-0.2, 0) is 22.5 Å². The predicted octanol–water partition coefficient (Wildman–Crippen LogP) is 5.51. The van der Waals surface area contributed by atoms with E-state index in [9.17, 15) is 9.59 Å². The smallest absolute Gasteiger partial charge is 0.350 e. The zero-order valence-corrected chi connectivity index (χ0v) is 18.6. The van der Waals surface area contributed by atoms with Crippen molar-refractivity contribution < 1.29 is 14.3 Å². The van der Waals surface area contributed by atoms with Crippen molar-refractivity contribution in [2.45, 2.75) is 33.2 Å². The maximum Gasteiger partial charge on any atom is 0.350 e. The fraction of sp³-hybridized carbons (Fsp3) is 0.286. The van der Waals surface area contributed by atoms with Crippen LogP contribution in [0, 0.1) is 6.92 Å². The second kappa shape index (κ2) is 10.0. The van der Waals surface area contributed by atoms with Gasteiger partial charge in [-0.1, -0.05) is 53.3 Å². The second-order valence-electron chi connectivity index (χ2n) is 6.30. The van der Waals surface area contributed by atoms with Crippen molar-refractivity contribution in [2.75, 3.05) is 11.5 Å². The van der Waals surface area contributed by atoms with E-state index in [0.717, 1.165) is 10.4 Å². The molecule has 8 heteroatoms. The summed E-state index contributed by atoms with van der Waals surface area (Å²) in [6, 6.07) is 13.5. The van der Waals surface area contributed by atoms with Crippen LogP contribution in [0.5, 0.6) is 0 Å². The molecule has 0 saturated carbocycles. The van der Waals surface area contributed by atoms with Crippen molar-refractivity contribution in [2.24, 2.45) is 0 Å². The number of carbonyl (C=O) groups excluding carboxylic acids is 2. The highest BCUT2D eigenvalue weighted by atomic mass is 35.5. The normalized spacial score (nSPS) is 10.7. The van der Waals surface area contributed by atoms with Crippen LogP contribution >= 0.6 is 34.3 Å². The zero-order chi connectivity index (χ0) is 20.8. The summed E-state index contributed by atoms with van der Waals surface area (Å²) >= 11 is 8.66. The molecule has 5 nitrogen and oxygen atoms in total. The van der Waals surface area contributed by atoms with E-state index in [-0.39, 0.29) is 5.91 Å². The Labute approximate surface area is 182 Å². The van der Waals surface area contributed by atoms with Crippen LogP contribution in [0.4, 0.5) is 5.13 Å². The summed E-state index contributed by atoms with van der Waals surface area (Å²) in [6.45, 7) is 4.20. The number of esters is 1. The molecular formula is C21H21ClN2O3S2. The molecule has 0 aliphatic carbocycles. The zero-order valence-electron chi connectivity index (χ0n) is 16.2. The van der Waals surface area contributed by atoms with Gasteiger partial charge in [-0.15, -0.1) is 11.3 Å². The van der Waals surface area contributed by atoms with E-state index in [4.69, 9.17) is 16.3 Å². The van der Waals surface area contributed by atoms with Crippen molar-refractivity contribution in [1.29, 1.82) is 0 Å². The van der Waals surface area contributed by atoms with Crippen LogP contribution in [-0.4, -0.2) is 23.5 Å². The lowest BCUT2D eigenvalue weighted by Crippen LogP contribution is -2.30. The number of aromatic nitrogens is 1. The Bertz CT molecular complexity index is 985. The van der Waals surface area contributed by atoms with E-state index in [1.807, 2.05) is 42.5 Å². The fourth-order valence-electron chi connectivity index (χ4n) is 2.76. The number of thiazole rings is 1. The van der Waals surface area contributed by atoms with Gasteiger partial charge in [-0.05, 0) is 38.0 Å². The third-order valence-electron chi connectivity index (χ3n) is 4.18. The molecule has 3 aromatic rings. The molecule has 0 saturated heterocycles. The molecular weight excluding hydrogens is 428 g/mol. The number of aryl methyl sites for hydroxylation is 2. The van der Waals surface area contributed by atoms with Crippen molar-refractivity contribution in [3.05, 3.63) is 67.8 Å². The summed E-state index contributed by atoms with van der Waals surface area (Å²) in [5.74, 6) is -0.461. The first-order chi connectivity index (χ1) is 14.0. The Morgan fingerprint density at radius 2 is 1.90 bits per heavy atom. The van der Waals surface area contributed by atoms with E-state index < -0.39 is 5.97 Å². The molecule has 0 aliphatic heterocycles. The van der Waals surface area contributed by atoms with Crippen LogP contribution < -0.4 is 4.90 Å². The minimum Gasteiger partial charge on any atom is -0.462 e. The Morgan fingerprint density at radius 1 is 1.14 bits per heavy atom. The molecule has 0 radical (unpaired) electrons. The van der Waals surface area contributed by atoms with Crippen molar-refractivity contribution in [1.82, 2.24) is 4.98 Å². The van der Waals surface area contributed by atoms with E-state index in [2.05, 4.69) is 4.98 Å². The molecule has 0 fully saturated rings. The van der Waals surface area contributed by atoms with Gasteiger partial charge in [0.1, 0.15) is 4.88 Å². The highest BCUT2D eigenvalue weighted by molar-refractivity contribution is 7.17. The predicted molar refractivity (Wildman–Crippen MR) is 118 cm³/mol. The summed E-state index contributed by atoms with van der Waals surface area (Å²) in [6.07, 6.45) is 0.938. The van der Waals surface area contributed by atoms with Crippen molar-refractivity contribution in [3.63, 3.8) is 0 Å². The van der Waals surface area contributed by atoms with E-state index in [0.29, 0.717) is 46.0 Å². The highest BCUT2D eigenvalue weighted by Gasteiger charge is 2.24. The first-order valence-corrected chi connectivity index (χ1v) is 11.2. The van der Waals surface area contributed by atoms with Gasteiger partial charge in [0.05, 0.1) is 23.2 Å². The monoisotopic (exact) mass is 448 g/mol. The van der Waals surface area contributed by atoms with Crippen LogP contribution in [0.25, 0.3) is 0 Å². The molecule has 0 spiro atoms. The third-order valence-corrected chi connectivity index (χ3v) is 6.63. The average Bonchev–Trinajstić information content (AvgIpc) is 3.30. The Morgan fingerprint density at radius 3 is 2.55 bits per heavy atom. The number of hydrogen-bond donors (Lipinski definition) is 0. The molecule has 0 atom stereocenters. The first-order valence-electron chi connectivity index (χ1n) is 9.21. The summed E-state index contributed by atoms with van der Waals surface area (Å²) in [7, 11) is 0. The molecule has 152 valence electrons. The fourth-order valence-corrected chi connectivity index (χ4v) is 4.83. The topological polar surface area (TPSA) is 59.5 Å². The molecule has 29 heavy (non-hydrogen) atoms. The molecule has 2 aromatic heterocycles. The maximum atomic E-state index is 13.1. The third kappa shape index (κ3) is 5.65. The SMILES string of the molecule is CCOC(=O)c1sc(N(Cc2ccccc2)C(=O)CCc2ccc(Cl)s2)nc1C. The van der Waals surface area contributed by atoms with Gasteiger partial charge in [0, 0.05) is 11.3 Å². The highest BCUT2D eigenvalue weighted by Crippen LogP contribution is 2.29. The number of nitrogens with zero attached hydrogens (tertiary/aromatic N) is 2. The second-order valence-corrected chi connectivity index (χ2v) is 9.08. The van der Waals surface area contributed by atoms with Gasteiger partial charge < -0.3 is 4.74 Å². The van der Waals surface area contributed by atoms with Crippen LogP contribution in [0.15, 0.2) is 42.5 Å². The molecule has 0 bridgehead atoms. The van der Waals surface area contributed by atoms with Crippen LogP contribution in [0.1, 0.15) is 39.2 Å². The molecule has 0 N–H and O–H groups in total. The number of amides is 1. The van der Waals surface area contributed by atoms with Gasteiger partial charge in [0.2, 0.25) is 5.91 Å². The lowest BCUT2D eigenvalue weighted by Gasteiger charge is -2.20. The maximum absolute atomic E-state index is 13.1. The summed E-state index contributed by atoms with van der Waals surface area (Å²) in [5, 5.41) is 0.503. The summed E-state index contributed by atoms with van der Waals surface area (Å²) in [5.41, 5.74) is 1.56. The number of thiophene rings is 1. The van der Waals surface area contributed by atoms with Gasteiger partial charge in [-0.2, -0.15) is 0 Å². The number of halogens is 1. The Kier molecular flexibility index (Phi) is 7.41. The van der Waals surface area contributed by atoms with Gasteiger partial charge in [0.25, 0.3) is 0 Å². The lowest BCUT2D eigenvalue weighted by atomic mass is 10.2. The van der Waals surface area contributed by atoms with Crippen LogP contribution in [0.3, 0.4) is 0 Å². The van der Waals surface area contributed by atoms with Gasteiger partial charge in [-0.3, -0.25) is 9.69 Å². The average molecular weight is 449 g/mol. The van der Waals surface area contributed by atoms with Gasteiger partial charge in [0.15, 0.2) is 5.13 Å². The molecule has 1 amide bonds. The number of hydrogen-bond acceptors (Lipinski definition) is 6. The standard InChI is InChI=1S/C21H21ClN2O3S2/c1-3-27-20(26)19-14(2)23-21(29-19)24(13-15-7-5-4-6-8-15)18(25)12-10-16-9-11-17(22)28-16/h4-9,11H,3,10,12-13H2,1-2H3. The minimum absolute atomic E-state index is 0.0532. The number of carbonyl (C=O) groups is 2. The molecule has 0 aliphatic rings. The van der Waals surface area contributed by atoms with Crippen molar-refractivity contribution >= 4 is 51.3 Å². The van der Waals surface area contributed by atoms with Crippen molar-refractivity contribution in [3.8, 4) is 0 Å².